The standard InChI is InChI=1S/C7H10O.W/c1-2-3-4-5-6-7-8;/h2,5-6,8H,1,3,7H2;/b6-5-;. The van der Waals surface area contributed by atoms with E-state index in [0.29, 0.717) is 0 Å². The molecule has 0 rings (SSSR count). The molecule has 0 heterocycles. The van der Waals surface area contributed by atoms with Gasteiger partial charge in [-0.2, -0.15) is 0 Å². The van der Waals surface area contributed by atoms with E-state index >= 15 is 0 Å². The van der Waals surface area contributed by atoms with Gasteiger partial charge in [-0.05, 0) is 0 Å². The fourth-order valence-corrected chi connectivity index (χ4v) is 1.16. The van der Waals surface area contributed by atoms with E-state index in [0.717, 1.165) is 6.42 Å². The van der Waals surface area contributed by atoms with Crippen molar-refractivity contribution in [2.45, 2.75) is 6.42 Å². The van der Waals surface area contributed by atoms with E-state index in [4.69, 9.17) is 5.11 Å². The van der Waals surface area contributed by atoms with E-state index in [2.05, 4.69) is 6.58 Å². The summed E-state index contributed by atoms with van der Waals surface area (Å²) in [6.07, 6.45) is 6.48. The van der Waals surface area contributed by atoms with Crippen LogP contribution in [0.25, 0.3) is 0 Å². The molecule has 0 saturated carbocycles. The predicted octanol–water partition coefficient (Wildman–Crippen LogP) is 0.830. The zero-order valence-corrected chi connectivity index (χ0v) is 8.14. The summed E-state index contributed by atoms with van der Waals surface area (Å²) in [5.74, 6) is 0. The zero-order chi connectivity index (χ0) is 7.11. The second-order valence-corrected chi connectivity index (χ2v) is 3.43. The molecule has 2 heteroatoms. The van der Waals surface area contributed by atoms with Gasteiger partial charge in [0.2, 0.25) is 0 Å². The third kappa shape index (κ3) is 5.88. The first-order valence-electron chi connectivity index (χ1n) is 2.72. The minimum atomic E-state index is 0.133. The van der Waals surface area contributed by atoms with E-state index in [1.807, 2.05) is 12.2 Å². The monoisotopic (exact) mass is 294 g/mol. The first-order valence-corrected chi connectivity index (χ1v) is 4.19. The molecule has 1 N–H and O–H groups in total. The van der Waals surface area contributed by atoms with Crippen molar-refractivity contribution >= 4 is 3.90 Å². The second kappa shape index (κ2) is 6.12. The van der Waals surface area contributed by atoms with Crippen molar-refractivity contribution < 1.29 is 24.5 Å². The second-order valence-electron chi connectivity index (χ2n) is 1.54. The third-order valence-electron chi connectivity index (χ3n) is 0.755. The van der Waals surface area contributed by atoms with Crippen LogP contribution in [0, 0.1) is 0 Å². The van der Waals surface area contributed by atoms with Gasteiger partial charge in [0.15, 0.2) is 0 Å². The van der Waals surface area contributed by atoms with Gasteiger partial charge in [0.1, 0.15) is 0 Å². The van der Waals surface area contributed by atoms with Gasteiger partial charge in [-0.3, -0.25) is 0 Å². The summed E-state index contributed by atoms with van der Waals surface area (Å²) in [4.78, 5) is 0. The maximum atomic E-state index is 8.37. The molecule has 0 aromatic rings. The van der Waals surface area contributed by atoms with Crippen molar-refractivity contribution in [2.75, 3.05) is 6.61 Å². The number of aliphatic hydroxyl groups excluding tert-OH is 1. The molecule has 1 nitrogen and oxygen atoms in total. The molecular weight excluding hydrogens is 284 g/mol. The summed E-state index contributed by atoms with van der Waals surface area (Å²) in [5, 5.41) is 8.37. The first kappa shape index (κ1) is 9.00. The molecule has 0 fully saturated rings. The minimum absolute atomic E-state index is 0.133. The number of allylic oxidation sites excluding steroid dienone is 2. The molecule has 0 aliphatic rings. The molecule has 0 aromatic carbocycles. The topological polar surface area (TPSA) is 20.2 Å². The van der Waals surface area contributed by atoms with Crippen LogP contribution < -0.4 is 0 Å². The van der Waals surface area contributed by atoms with Crippen molar-refractivity contribution in [3.05, 3.63) is 24.8 Å². The summed E-state index contributed by atoms with van der Waals surface area (Å²) in [6.45, 7) is 3.74. The quantitative estimate of drug-likeness (QED) is 0.762. The van der Waals surface area contributed by atoms with Crippen molar-refractivity contribution in [3.63, 3.8) is 0 Å². The number of rotatable bonds is 4. The molecule has 0 spiro atoms. The SMILES string of the molecule is C=CC[C](=[W])/C=C\CO. The molecule has 0 amide bonds. The van der Waals surface area contributed by atoms with E-state index in [1.165, 1.54) is 23.3 Å². The Labute approximate surface area is 66.5 Å². The molecule has 0 aliphatic heterocycles. The Morgan fingerprint density at radius 2 is 2.33 bits per heavy atom. The van der Waals surface area contributed by atoms with Gasteiger partial charge in [-0.25, -0.2) is 0 Å². The van der Waals surface area contributed by atoms with Crippen LogP contribution in [-0.2, 0) is 19.4 Å². The van der Waals surface area contributed by atoms with Crippen LogP contribution in [-0.4, -0.2) is 15.6 Å². The van der Waals surface area contributed by atoms with Crippen molar-refractivity contribution in [1.82, 2.24) is 0 Å². The van der Waals surface area contributed by atoms with Crippen LogP contribution in [0.15, 0.2) is 24.8 Å². The Morgan fingerprint density at radius 3 is 2.78 bits per heavy atom. The van der Waals surface area contributed by atoms with E-state index < -0.39 is 0 Å². The molecule has 0 radical (unpaired) electrons. The van der Waals surface area contributed by atoms with Gasteiger partial charge >= 0.3 is 66.2 Å². The zero-order valence-electron chi connectivity index (χ0n) is 5.21. The Morgan fingerprint density at radius 1 is 1.67 bits per heavy atom. The average molecular weight is 294 g/mol. The molecule has 50 valence electrons. The molecule has 0 aliphatic carbocycles. The van der Waals surface area contributed by atoms with Crippen LogP contribution in [0.4, 0.5) is 0 Å². The Kier molecular flexibility index (Phi) is 6.12. The molecule has 0 aromatic heterocycles. The first-order chi connectivity index (χ1) is 4.31. The van der Waals surface area contributed by atoms with Gasteiger partial charge < -0.3 is 0 Å². The van der Waals surface area contributed by atoms with Crippen molar-refractivity contribution in [2.24, 2.45) is 0 Å². The van der Waals surface area contributed by atoms with E-state index in [9.17, 15) is 0 Å². The Bertz CT molecular complexity index is 127. The predicted molar refractivity (Wildman–Crippen MR) is 36.0 cm³/mol. The van der Waals surface area contributed by atoms with Crippen LogP contribution in [0.2, 0.25) is 0 Å². The van der Waals surface area contributed by atoms with Crippen molar-refractivity contribution in [3.8, 4) is 0 Å². The van der Waals surface area contributed by atoms with Gasteiger partial charge in [-0.15, -0.1) is 0 Å². The maximum absolute atomic E-state index is 8.37. The van der Waals surface area contributed by atoms with Crippen molar-refractivity contribution in [1.29, 1.82) is 0 Å². The summed E-state index contributed by atoms with van der Waals surface area (Å²) >= 11 is 1.44. The van der Waals surface area contributed by atoms with E-state index in [1.54, 1.807) is 6.08 Å². The van der Waals surface area contributed by atoms with Crippen LogP contribution >= 0.6 is 0 Å². The van der Waals surface area contributed by atoms with Gasteiger partial charge in [0.25, 0.3) is 0 Å². The third-order valence-corrected chi connectivity index (χ3v) is 1.84. The Balaban J connectivity index is 3.49. The molecule has 0 atom stereocenters. The Hall–Kier alpha value is -0.00169. The fraction of sp³-hybridized carbons (Fsp3) is 0.286. The molecule has 9 heavy (non-hydrogen) atoms. The van der Waals surface area contributed by atoms with Crippen LogP contribution in [0.3, 0.4) is 0 Å². The number of hydrogen-bond donors (Lipinski definition) is 1. The fourth-order valence-electron chi connectivity index (χ4n) is 0.394. The van der Waals surface area contributed by atoms with Gasteiger partial charge in [-0.1, -0.05) is 0 Å². The van der Waals surface area contributed by atoms with Crippen LogP contribution in [0.5, 0.6) is 0 Å². The summed E-state index contributed by atoms with van der Waals surface area (Å²) in [7, 11) is 0. The molecular formula is C7H10OW. The van der Waals surface area contributed by atoms with Gasteiger partial charge in [0.05, 0.1) is 0 Å². The normalized spacial score (nSPS) is 9.89. The summed E-state index contributed by atoms with van der Waals surface area (Å²) < 4.78 is 1.30. The van der Waals surface area contributed by atoms with E-state index in [-0.39, 0.29) is 6.61 Å². The molecule has 0 saturated heterocycles. The summed E-state index contributed by atoms with van der Waals surface area (Å²) in [6, 6.07) is 0. The molecule has 0 unspecified atom stereocenters. The summed E-state index contributed by atoms with van der Waals surface area (Å²) in [5.41, 5.74) is 0. The molecule has 0 bridgehead atoms. The average Bonchev–Trinajstić information content (AvgIpc) is 1.85. The van der Waals surface area contributed by atoms with Gasteiger partial charge in [0, 0.05) is 0 Å². The van der Waals surface area contributed by atoms with Crippen LogP contribution in [0.1, 0.15) is 6.42 Å². The number of hydrogen-bond acceptors (Lipinski definition) is 1. The number of aliphatic hydroxyl groups is 1.